The van der Waals surface area contributed by atoms with Crippen LogP contribution in [0.3, 0.4) is 0 Å². The predicted molar refractivity (Wildman–Crippen MR) is 93.4 cm³/mol. The van der Waals surface area contributed by atoms with E-state index in [1.54, 1.807) is 7.11 Å². The number of methoxy groups -OCH3 is 1. The maximum absolute atomic E-state index is 12.9. The van der Waals surface area contributed by atoms with Crippen molar-refractivity contribution in [2.45, 2.75) is 26.1 Å². The van der Waals surface area contributed by atoms with Crippen LogP contribution in [0.15, 0.2) is 48.5 Å². The molecule has 0 aliphatic carbocycles. The molecule has 126 valence electrons. The van der Waals surface area contributed by atoms with Gasteiger partial charge in [-0.05, 0) is 31.5 Å². The molecular weight excluding hydrogens is 302 g/mol. The van der Waals surface area contributed by atoms with Crippen molar-refractivity contribution in [2.24, 2.45) is 0 Å². The van der Waals surface area contributed by atoms with E-state index in [2.05, 4.69) is 31.2 Å². The molecule has 0 radical (unpaired) electrons. The zero-order valence-corrected chi connectivity index (χ0v) is 14.4. The lowest BCUT2D eigenvalue weighted by Gasteiger charge is -2.37. The van der Waals surface area contributed by atoms with Gasteiger partial charge < -0.3 is 14.4 Å². The Kier molecular flexibility index (Phi) is 4.86. The molecule has 1 saturated heterocycles. The van der Waals surface area contributed by atoms with E-state index in [0.29, 0.717) is 24.4 Å². The van der Waals surface area contributed by atoms with Crippen LogP contribution in [0.1, 0.15) is 34.5 Å². The van der Waals surface area contributed by atoms with Gasteiger partial charge in [-0.15, -0.1) is 0 Å². The van der Waals surface area contributed by atoms with E-state index in [1.807, 2.05) is 36.1 Å². The number of hydrogen-bond acceptors (Lipinski definition) is 3. The van der Waals surface area contributed by atoms with E-state index in [4.69, 9.17) is 9.47 Å². The highest BCUT2D eigenvalue weighted by Crippen LogP contribution is 2.28. The highest BCUT2D eigenvalue weighted by molar-refractivity contribution is 5.97. The zero-order valence-electron chi connectivity index (χ0n) is 14.4. The molecule has 24 heavy (non-hydrogen) atoms. The molecule has 2 unspecified atom stereocenters. The molecule has 0 saturated carbocycles. The molecule has 3 rings (SSSR count). The molecule has 0 spiro atoms. The van der Waals surface area contributed by atoms with Crippen LogP contribution in [0.5, 0.6) is 5.75 Å². The van der Waals surface area contributed by atoms with Crippen LogP contribution in [0, 0.1) is 6.92 Å². The van der Waals surface area contributed by atoms with E-state index < -0.39 is 0 Å². The van der Waals surface area contributed by atoms with Gasteiger partial charge in [-0.1, -0.05) is 42.0 Å². The van der Waals surface area contributed by atoms with Gasteiger partial charge in [0.2, 0.25) is 0 Å². The molecule has 1 fully saturated rings. The Balaban J connectivity index is 1.82. The molecule has 2 atom stereocenters. The number of amides is 1. The fourth-order valence-electron chi connectivity index (χ4n) is 3.07. The minimum atomic E-state index is -0.104. The second kappa shape index (κ2) is 7.05. The Morgan fingerprint density at radius 2 is 1.83 bits per heavy atom. The Labute approximate surface area is 143 Å². The van der Waals surface area contributed by atoms with Gasteiger partial charge in [0.25, 0.3) is 5.91 Å². The minimum Gasteiger partial charge on any atom is -0.496 e. The van der Waals surface area contributed by atoms with Crippen LogP contribution < -0.4 is 4.74 Å². The quantitative estimate of drug-likeness (QED) is 0.865. The molecule has 0 aromatic heterocycles. The number of carbonyl (C=O) groups is 1. The molecule has 1 aliphatic heterocycles. The van der Waals surface area contributed by atoms with Crippen LogP contribution in [-0.4, -0.2) is 37.1 Å². The van der Waals surface area contributed by atoms with Crippen LogP contribution in [0.4, 0.5) is 0 Å². The normalized spacial score (nSPS) is 20.7. The van der Waals surface area contributed by atoms with Crippen molar-refractivity contribution in [3.63, 3.8) is 0 Å². The van der Waals surface area contributed by atoms with E-state index in [1.165, 1.54) is 5.56 Å². The van der Waals surface area contributed by atoms with Gasteiger partial charge in [0.1, 0.15) is 11.9 Å². The number of morpholine rings is 1. The van der Waals surface area contributed by atoms with Gasteiger partial charge >= 0.3 is 0 Å². The van der Waals surface area contributed by atoms with Crippen molar-refractivity contribution in [3.05, 3.63) is 65.2 Å². The summed E-state index contributed by atoms with van der Waals surface area (Å²) in [6, 6.07) is 15.6. The first-order chi connectivity index (χ1) is 11.6. The second-order valence-electron chi connectivity index (χ2n) is 6.26. The fraction of sp³-hybridized carbons (Fsp3) is 0.350. The van der Waals surface area contributed by atoms with E-state index in [0.717, 1.165) is 5.56 Å². The predicted octanol–water partition coefficient (Wildman–Crippen LogP) is 3.61. The summed E-state index contributed by atoms with van der Waals surface area (Å²) >= 11 is 0. The molecule has 2 aromatic rings. The van der Waals surface area contributed by atoms with Crippen molar-refractivity contribution in [2.75, 3.05) is 20.2 Å². The summed E-state index contributed by atoms with van der Waals surface area (Å²) in [7, 11) is 1.59. The van der Waals surface area contributed by atoms with Gasteiger partial charge in [-0.2, -0.15) is 0 Å². The average Bonchev–Trinajstić information content (AvgIpc) is 2.61. The second-order valence-corrected chi connectivity index (χ2v) is 6.26. The van der Waals surface area contributed by atoms with E-state index in [-0.39, 0.29) is 18.1 Å². The first-order valence-corrected chi connectivity index (χ1v) is 8.23. The Morgan fingerprint density at radius 1 is 1.12 bits per heavy atom. The number of benzene rings is 2. The number of para-hydroxylation sites is 1. The Hall–Kier alpha value is -2.33. The lowest BCUT2D eigenvalue weighted by atomic mass is 10.0. The number of aryl methyl sites for hydroxylation is 1. The van der Waals surface area contributed by atoms with Crippen LogP contribution in [0.25, 0.3) is 0 Å². The topological polar surface area (TPSA) is 38.8 Å². The highest BCUT2D eigenvalue weighted by Gasteiger charge is 2.30. The molecule has 1 heterocycles. The first-order valence-electron chi connectivity index (χ1n) is 8.23. The third-order valence-electron chi connectivity index (χ3n) is 4.33. The molecule has 4 heteroatoms. The summed E-state index contributed by atoms with van der Waals surface area (Å²) in [5.74, 6) is 0.591. The van der Waals surface area contributed by atoms with Crippen molar-refractivity contribution in [1.82, 2.24) is 4.90 Å². The highest BCUT2D eigenvalue weighted by atomic mass is 16.5. The fourth-order valence-corrected chi connectivity index (χ4v) is 3.07. The maximum Gasteiger partial charge on any atom is 0.257 e. The number of nitrogens with zero attached hydrogens (tertiary/aromatic N) is 1. The van der Waals surface area contributed by atoms with Crippen molar-refractivity contribution >= 4 is 5.91 Å². The van der Waals surface area contributed by atoms with E-state index >= 15 is 0 Å². The van der Waals surface area contributed by atoms with Gasteiger partial charge in [0, 0.05) is 6.54 Å². The summed E-state index contributed by atoms with van der Waals surface area (Å²) in [6.45, 7) is 5.19. The summed E-state index contributed by atoms with van der Waals surface area (Å²) in [6.07, 6.45) is -0.114. The number of rotatable bonds is 3. The largest absolute Gasteiger partial charge is 0.496 e. The van der Waals surface area contributed by atoms with Crippen molar-refractivity contribution in [1.29, 1.82) is 0 Å². The van der Waals surface area contributed by atoms with Crippen LogP contribution >= 0.6 is 0 Å². The van der Waals surface area contributed by atoms with Gasteiger partial charge in [0.05, 0.1) is 25.3 Å². The molecule has 4 nitrogen and oxygen atoms in total. The summed E-state index contributed by atoms with van der Waals surface area (Å²) in [5, 5.41) is 0. The minimum absolute atomic E-state index is 0.0105. The molecule has 0 N–H and O–H groups in total. The Morgan fingerprint density at radius 3 is 2.54 bits per heavy atom. The van der Waals surface area contributed by atoms with Crippen LogP contribution in [-0.2, 0) is 4.74 Å². The molecule has 2 aromatic carbocycles. The average molecular weight is 325 g/mol. The van der Waals surface area contributed by atoms with Crippen molar-refractivity contribution < 1.29 is 14.3 Å². The standard InChI is InChI=1S/C20H23NO3/c1-14-8-10-16(11-9-14)19-13-21(12-15(2)24-19)20(22)17-6-4-5-7-18(17)23-3/h4-11,15,19H,12-13H2,1-3H3. The van der Waals surface area contributed by atoms with Gasteiger partial charge in [-0.3, -0.25) is 4.79 Å². The Bertz CT molecular complexity index is 711. The summed E-state index contributed by atoms with van der Waals surface area (Å²) < 4.78 is 11.4. The number of hydrogen-bond donors (Lipinski definition) is 0. The number of carbonyl (C=O) groups excluding carboxylic acids is 1. The SMILES string of the molecule is COc1ccccc1C(=O)N1CC(C)OC(c2ccc(C)cc2)C1. The lowest BCUT2D eigenvalue weighted by molar-refractivity contribution is -0.0692. The van der Waals surface area contributed by atoms with Gasteiger partial charge in [-0.25, -0.2) is 0 Å². The number of ether oxygens (including phenoxy) is 2. The molecule has 1 amide bonds. The van der Waals surface area contributed by atoms with Crippen LogP contribution in [0.2, 0.25) is 0 Å². The summed E-state index contributed by atoms with van der Waals surface area (Å²) in [5.41, 5.74) is 2.91. The smallest absolute Gasteiger partial charge is 0.257 e. The maximum atomic E-state index is 12.9. The zero-order chi connectivity index (χ0) is 17.1. The molecular formula is C20H23NO3. The molecule has 0 bridgehead atoms. The van der Waals surface area contributed by atoms with Gasteiger partial charge in [0.15, 0.2) is 0 Å². The third kappa shape index (κ3) is 3.44. The lowest BCUT2D eigenvalue weighted by Crippen LogP contribution is -2.46. The third-order valence-corrected chi connectivity index (χ3v) is 4.33. The summed E-state index contributed by atoms with van der Waals surface area (Å²) in [4.78, 5) is 14.8. The monoisotopic (exact) mass is 325 g/mol. The van der Waals surface area contributed by atoms with Crippen molar-refractivity contribution in [3.8, 4) is 5.75 Å². The molecule has 1 aliphatic rings. The van der Waals surface area contributed by atoms with E-state index in [9.17, 15) is 4.79 Å². The first kappa shape index (κ1) is 16.5.